The van der Waals surface area contributed by atoms with Crippen molar-refractivity contribution in [2.45, 2.75) is 44.1 Å². The first kappa shape index (κ1) is 20.7. The van der Waals surface area contributed by atoms with E-state index in [0.29, 0.717) is 5.92 Å². The van der Waals surface area contributed by atoms with Gasteiger partial charge in [-0.15, -0.1) is 0 Å². The van der Waals surface area contributed by atoms with Crippen LogP contribution in [-0.2, 0) is 10.3 Å². The molecule has 4 rings (SSSR count). The SMILES string of the molecule is CC(C(=O)NCC1CCC(c2ccccc2)(N(C)C)CC1)c1c[nH]c2ccccc12. The lowest BCUT2D eigenvalue weighted by Crippen LogP contribution is -2.45. The molecule has 1 unspecified atom stereocenters. The molecule has 1 saturated carbocycles. The van der Waals surface area contributed by atoms with E-state index in [1.807, 2.05) is 25.3 Å². The van der Waals surface area contributed by atoms with E-state index >= 15 is 0 Å². The molecule has 0 aliphatic heterocycles. The number of aromatic nitrogens is 1. The van der Waals surface area contributed by atoms with E-state index < -0.39 is 0 Å². The zero-order valence-corrected chi connectivity index (χ0v) is 18.3. The highest BCUT2D eigenvalue weighted by atomic mass is 16.1. The molecule has 1 amide bonds. The Hall–Kier alpha value is -2.59. The summed E-state index contributed by atoms with van der Waals surface area (Å²) in [6.07, 6.45) is 6.50. The third-order valence-electron chi connectivity index (χ3n) is 7.15. The molecule has 1 aromatic heterocycles. The number of hydrogen-bond acceptors (Lipinski definition) is 2. The van der Waals surface area contributed by atoms with Gasteiger partial charge < -0.3 is 10.3 Å². The minimum Gasteiger partial charge on any atom is -0.361 e. The lowest BCUT2D eigenvalue weighted by atomic mass is 9.72. The Labute approximate surface area is 179 Å². The second-order valence-electron chi connectivity index (χ2n) is 8.99. The van der Waals surface area contributed by atoms with Gasteiger partial charge in [0.05, 0.1) is 5.92 Å². The number of carbonyl (C=O) groups excluding carboxylic acids is 1. The highest BCUT2D eigenvalue weighted by Crippen LogP contribution is 2.42. The van der Waals surface area contributed by atoms with Gasteiger partial charge in [-0.2, -0.15) is 0 Å². The van der Waals surface area contributed by atoms with E-state index in [2.05, 4.69) is 71.8 Å². The van der Waals surface area contributed by atoms with Gasteiger partial charge in [0, 0.05) is 29.2 Å². The quantitative estimate of drug-likeness (QED) is 0.606. The average molecular weight is 404 g/mol. The van der Waals surface area contributed by atoms with E-state index in [1.165, 1.54) is 5.56 Å². The van der Waals surface area contributed by atoms with Crippen molar-refractivity contribution in [2.75, 3.05) is 20.6 Å². The molecule has 2 N–H and O–H groups in total. The van der Waals surface area contributed by atoms with Gasteiger partial charge >= 0.3 is 0 Å². The summed E-state index contributed by atoms with van der Waals surface area (Å²) in [6.45, 7) is 2.77. The summed E-state index contributed by atoms with van der Waals surface area (Å²) in [5, 5.41) is 4.37. The summed E-state index contributed by atoms with van der Waals surface area (Å²) in [5.74, 6) is 0.503. The number of rotatable bonds is 6. The molecule has 1 aliphatic rings. The van der Waals surface area contributed by atoms with Gasteiger partial charge in [0.1, 0.15) is 0 Å². The Kier molecular flexibility index (Phi) is 5.96. The molecule has 1 atom stereocenters. The first-order valence-electron chi connectivity index (χ1n) is 11.1. The molecule has 0 bridgehead atoms. The van der Waals surface area contributed by atoms with Crippen LogP contribution < -0.4 is 5.32 Å². The van der Waals surface area contributed by atoms with Crippen LogP contribution >= 0.6 is 0 Å². The van der Waals surface area contributed by atoms with Crippen molar-refractivity contribution in [3.8, 4) is 0 Å². The summed E-state index contributed by atoms with van der Waals surface area (Å²) >= 11 is 0. The van der Waals surface area contributed by atoms with E-state index in [1.54, 1.807) is 0 Å². The topological polar surface area (TPSA) is 48.1 Å². The van der Waals surface area contributed by atoms with Crippen LogP contribution in [0, 0.1) is 5.92 Å². The number of aromatic amines is 1. The highest BCUT2D eigenvalue weighted by molar-refractivity contribution is 5.91. The highest BCUT2D eigenvalue weighted by Gasteiger charge is 2.38. The van der Waals surface area contributed by atoms with Crippen LogP contribution in [0.1, 0.15) is 49.7 Å². The van der Waals surface area contributed by atoms with Crippen LogP contribution in [0.3, 0.4) is 0 Å². The van der Waals surface area contributed by atoms with E-state index in [-0.39, 0.29) is 17.4 Å². The minimum atomic E-state index is -0.157. The Bertz CT molecular complexity index is 984. The van der Waals surface area contributed by atoms with Crippen molar-refractivity contribution in [1.29, 1.82) is 0 Å². The number of H-pyrrole nitrogens is 1. The van der Waals surface area contributed by atoms with Gasteiger partial charge in [0.25, 0.3) is 0 Å². The largest absolute Gasteiger partial charge is 0.361 e. The van der Waals surface area contributed by atoms with Crippen molar-refractivity contribution in [2.24, 2.45) is 5.92 Å². The van der Waals surface area contributed by atoms with E-state index in [9.17, 15) is 4.79 Å². The number of nitrogens with one attached hydrogen (secondary N) is 2. The maximum absolute atomic E-state index is 12.9. The van der Waals surface area contributed by atoms with Crippen LogP contribution in [0.5, 0.6) is 0 Å². The Balaban J connectivity index is 1.36. The van der Waals surface area contributed by atoms with Gasteiger partial charge in [-0.25, -0.2) is 0 Å². The van der Waals surface area contributed by atoms with Gasteiger partial charge in [0.15, 0.2) is 0 Å². The van der Waals surface area contributed by atoms with Crippen LogP contribution in [-0.4, -0.2) is 36.4 Å². The summed E-state index contributed by atoms with van der Waals surface area (Å²) in [4.78, 5) is 18.5. The van der Waals surface area contributed by atoms with E-state index in [0.717, 1.165) is 48.7 Å². The molecule has 2 aromatic carbocycles. The summed E-state index contributed by atoms with van der Waals surface area (Å²) in [7, 11) is 4.38. The maximum atomic E-state index is 12.9. The standard InChI is InChI=1S/C26H33N3O/c1-19(23-18-27-24-12-8-7-11-22(23)24)25(30)28-17-20-13-15-26(16-14-20,29(2)3)21-9-5-4-6-10-21/h4-12,18-20,27H,13-17H2,1-3H3,(H,28,30). The first-order chi connectivity index (χ1) is 14.5. The number of fused-ring (bicyclic) bond motifs is 1. The fraction of sp³-hybridized carbons (Fsp3) is 0.423. The Morgan fingerprint density at radius 3 is 2.47 bits per heavy atom. The lowest BCUT2D eigenvalue weighted by molar-refractivity contribution is -0.122. The molecular weight excluding hydrogens is 370 g/mol. The third kappa shape index (κ3) is 3.89. The smallest absolute Gasteiger partial charge is 0.227 e. The number of para-hydroxylation sites is 1. The van der Waals surface area contributed by atoms with Gasteiger partial charge in [-0.1, -0.05) is 48.5 Å². The molecule has 1 aliphatic carbocycles. The number of amides is 1. The van der Waals surface area contributed by atoms with Gasteiger partial charge in [-0.3, -0.25) is 9.69 Å². The minimum absolute atomic E-state index is 0.110. The molecule has 1 fully saturated rings. The molecule has 4 nitrogen and oxygen atoms in total. The first-order valence-corrected chi connectivity index (χ1v) is 11.1. The van der Waals surface area contributed by atoms with Crippen LogP contribution in [0.4, 0.5) is 0 Å². The Morgan fingerprint density at radius 1 is 1.10 bits per heavy atom. The summed E-state index contributed by atoms with van der Waals surface area (Å²) in [5.41, 5.74) is 3.67. The number of nitrogens with zero attached hydrogens (tertiary/aromatic N) is 1. The predicted octanol–water partition coefficient (Wildman–Crippen LogP) is 5.03. The van der Waals surface area contributed by atoms with Crippen molar-refractivity contribution in [3.63, 3.8) is 0 Å². The summed E-state index contributed by atoms with van der Waals surface area (Å²) in [6, 6.07) is 19.0. The van der Waals surface area contributed by atoms with E-state index in [4.69, 9.17) is 0 Å². The van der Waals surface area contributed by atoms with Crippen molar-refractivity contribution in [1.82, 2.24) is 15.2 Å². The average Bonchev–Trinajstić information content (AvgIpc) is 3.22. The molecule has 1 heterocycles. The number of benzene rings is 2. The van der Waals surface area contributed by atoms with Gasteiger partial charge in [-0.05, 0) is 69.8 Å². The second kappa shape index (κ2) is 8.65. The summed E-state index contributed by atoms with van der Waals surface area (Å²) < 4.78 is 0. The second-order valence-corrected chi connectivity index (χ2v) is 8.99. The monoisotopic (exact) mass is 403 g/mol. The van der Waals surface area contributed by atoms with Crippen molar-refractivity contribution in [3.05, 3.63) is 71.9 Å². The fourth-order valence-corrected chi connectivity index (χ4v) is 5.09. The van der Waals surface area contributed by atoms with Gasteiger partial charge in [0.2, 0.25) is 5.91 Å². The Morgan fingerprint density at radius 2 is 1.77 bits per heavy atom. The van der Waals surface area contributed by atoms with Crippen LogP contribution in [0.25, 0.3) is 10.9 Å². The lowest BCUT2D eigenvalue weighted by Gasteiger charge is -2.45. The molecular formula is C26H33N3O. The molecule has 0 saturated heterocycles. The van der Waals surface area contributed by atoms with Crippen molar-refractivity contribution >= 4 is 16.8 Å². The maximum Gasteiger partial charge on any atom is 0.227 e. The van der Waals surface area contributed by atoms with Crippen LogP contribution in [0.15, 0.2) is 60.8 Å². The third-order valence-corrected chi connectivity index (χ3v) is 7.15. The molecule has 4 heteroatoms. The molecule has 3 aromatic rings. The number of carbonyl (C=O) groups is 1. The molecule has 0 radical (unpaired) electrons. The zero-order valence-electron chi connectivity index (χ0n) is 18.3. The normalized spacial score (nSPS) is 22.9. The zero-order chi connectivity index (χ0) is 21.1. The molecule has 30 heavy (non-hydrogen) atoms. The van der Waals surface area contributed by atoms with Crippen LogP contribution in [0.2, 0.25) is 0 Å². The van der Waals surface area contributed by atoms with Crippen molar-refractivity contribution < 1.29 is 4.79 Å². The fourth-order valence-electron chi connectivity index (χ4n) is 5.09. The number of hydrogen-bond donors (Lipinski definition) is 2. The predicted molar refractivity (Wildman–Crippen MR) is 123 cm³/mol. The molecule has 158 valence electrons. The molecule has 0 spiro atoms.